The van der Waals surface area contributed by atoms with Crippen molar-refractivity contribution in [1.82, 2.24) is 20.2 Å². The quantitative estimate of drug-likeness (QED) is 0.768. The Bertz CT molecular complexity index is 722. The van der Waals surface area contributed by atoms with E-state index in [1.165, 1.54) is 0 Å². The number of aromatic amines is 1. The van der Waals surface area contributed by atoms with E-state index in [2.05, 4.69) is 25.5 Å². The molecule has 1 aromatic carbocycles. The van der Waals surface area contributed by atoms with Crippen molar-refractivity contribution in [3.8, 4) is 0 Å². The largest absolute Gasteiger partial charge is 0.423 e. The number of oxazole rings is 1. The number of anilines is 2. The van der Waals surface area contributed by atoms with Crippen molar-refractivity contribution in [2.45, 2.75) is 26.7 Å². The van der Waals surface area contributed by atoms with Gasteiger partial charge in [-0.3, -0.25) is 10.4 Å². The van der Waals surface area contributed by atoms with Gasteiger partial charge >= 0.3 is 6.01 Å². The second-order valence-corrected chi connectivity index (χ2v) is 5.32. The van der Waals surface area contributed by atoms with Gasteiger partial charge in [0.1, 0.15) is 11.3 Å². The van der Waals surface area contributed by atoms with E-state index in [1.807, 2.05) is 26.8 Å². The maximum absolute atomic E-state index is 6.06. The van der Waals surface area contributed by atoms with Crippen LogP contribution in [0.2, 0.25) is 5.02 Å². The number of rotatable bonds is 3. The Morgan fingerprint density at radius 2 is 2.10 bits per heavy atom. The zero-order chi connectivity index (χ0) is 14.3. The summed E-state index contributed by atoms with van der Waals surface area (Å²) in [4.78, 5) is 8.64. The minimum absolute atomic E-state index is 0.281. The normalized spacial score (nSPS) is 11.4. The van der Waals surface area contributed by atoms with Gasteiger partial charge in [0.2, 0.25) is 5.95 Å². The first-order valence-electron chi connectivity index (χ1n) is 6.29. The summed E-state index contributed by atoms with van der Waals surface area (Å²) in [7, 11) is 0. The van der Waals surface area contributed by atoms with Crippen molar-refractivity contribution < 1.29 is 4.42 Å². The van der Waals surface area contributed by atoms with Crippen LogP contribution in [0.4, 0.5) is 12.0 Å². The van der Waals surface area contributed by atoms with E-state index in [9.17, 15) is 0 Å². The smallest absolute Gasteiger partial charge is 0.302 e. The molecule has 2 aromatic heterocycles. The summed E-state index contributed by atoms with van der Waals surface area (Å²) < 4.78 is 5.58. The number of nitrogens with one attached hydrogen (secondary N) is 2. The molecular weight excluding hydrogens is 278 g/mol. The average Bonchev–Trinajstić information content (AvgIpc) is 2.97. The highest BCUT2D eigenvalue weighted by molar-refractivity contribution is 6.32. The first-order chi connectivity index (χ1) is 9.52. The van der Waals surface area contributed by atoms with Crippen LogP contribution in [0.15, 0.2) is 16.5 Å². The summed E-state index contributed by atoms with van der Waals surface area (Å²) in [5.41, 5.74) is 2.33. The molecule has 0 amide bonds. The van der Waals surface area contributed by atoms with E-state index >= 15 is 0 Å². The van der Waals surface area contributed by atoms with Crippen LogP contribution < -0.4 is 5.32 Å². The third-order valence-electron chi connectivity index (χ3n) is 2.94. The fourth-order valence-corrected chi connectivity index (χ4v) is 1.94. The standard InChI is InChI=1S/C13H14ClN5O/c1-6(2)11-16-12(19-18-11)17-13-15-9-4-7(3)8(14)5-10(9)20-13/h4-6H,1-3H3,(H2,15,16,17,18,19). The number of halogens is 1. The molecule has 0 radical (unpaired) electrons. The van der Waals surface area contributed by atoms with Crippen LogP contribution >= 0.6 is 11.6 Å². The Morgan fingerprint density at radius 3 is 2.80 bits per heavy atom. The number of nitrogens with zero attached hydrogens (tertiary/aromatic N) is 3. The summed E-state index contributed by atoms with van der Waals surface area (Å²) >= 11 is 6.06. The van der Waals surface area contributed by atoms with Crippen LogP contribution in [0.5, 0.6) is 0 Å². The van der Waals surface area contributed by atoms with Gasteiger partial charge in [0.15, 0.2) is 5.58 Å². The fourth-order valence-electron chi connectivity index (χ4n) is 1.79. The van der Waals surface area contributed by atoms with Crippen LogP contribution in [0.3, 0.4) is 0 Å². The summed E-state index contributed by atoms with van der Waals surface area (Å²) in [6.07, 6.45) is 0. The Kier molecular flexibility index (Phi) is 3.10. The monoisotopic (exact) mass is 291 g/mol. The molecule has 0 spiro atoms. The molecule has 6 nitrogen and oxygen atoms in total. The highest BCUT2D eigenvalue weighted by Crippen LogP contribution is 2.26. The van der Waals surface area contributed by atoms with Gasteiger partial charge in [-0.2, -0.15) is 9.97 Å². The third-order valence-corrected chi connectivity index (χ3v) is 3.34. The van der Waals surface area contributed by atoms with Gasteiger partial charge in [-0.05, 0) is 18.6 Å². The van der Waals surface area contributed by atoms with Crippen molar-refractivity contribution in [2.75, 3.05) is 5.32 Å². The maximum Gasteiger partial charge on any atom is 0.302 e. The van der Waals surface area contributed by atoms with E-state index in [-0.39, 0.29) is 5.92 Å². The highest BCUT2D eigenvalue weighted by Gasteiger charge is 2.11. The van der Waals surface area contributed by atoms with Crippen molar-refractivity contribution in [3.63, 3.8) is 0 Å². The van der Waals surface area contributed by atoms with Crippen LogP contribution in [0.25, 0.3) is 11.1 Å². The second kappa shape index (κ2) is 4.79. The van der Waals surface area contributed by atoms with Gasteiger partial charge in [0.05, 0.1) is 0 Å². The number of fused-ring (bicyclic) bond motifs is 1. The van der Waals surface area contributed by atoms with Gasteiger partial charge < -0.3 is 4.42 Å². The minimum atomic E-state index is 0.281. The van der Waals surface area contributed by atoms with E-state index in [4.69, 9.17) is 16.0 Å². The highest BCUT2D eigenvalue weighted by atomic mass is 35.5. The van der Waals surface area contributed by atoms with E-state index in [0.29, 0.717) is 22.6 Å². The van der Waals surface area contributed by atoms with Gasteiger partial charge in [0.25, 0.3) is 0 Å². The van der Waals surface area contributed by atoms with Crippen LogP contribution in [0.1, 0.15) is 31.2 Å². The Morgan fingerprint density at radius 1 is 1.30 bits per heavy atom. The minimum Gasteiger partial charge on any atom is -0.423 e. The summed E-state index contributed by atoms with van der Waals surface area (Å²) in [6, 6.07) is 3.97. The molecule has 0 saturated heterocycles. The van der Waals surface area contributed by atoms with Crippen molar-refractivity contribution in [3.05, 3.63) is 28.5 Å². The molecule has 0 atom stereocenters. The first kappa shape index (κ1) is 12.9. The molecule has 2 N–H and O–H groups in total. The number of aryl methyl sites for hydroxylation is 1. The molecule has 20 heavy (non-hydrogen) atoms. The lowest BCUT2D eigenvalue weighted by Crippen LogP contribution is -1.93. The predicted octanol–water partition coefficient (Wildman–Crippen LogP) is 3.77. The molecule has 0 aliphatic heterocycles. The van der Waals surface area contributed by atoms with Gasteiger partial charge in [-0.25, -0.2) is 0 Å². The molecule has 3 aromatic rings. The molecule has 3 rings (SSSR count). The van der Waals surface area contributed by atoms with Gasteiger partial charge in [-0.1, -0.05) is 25.4 Å². The second-order valence-electron chi connectivity index (χ2n) is 4.91. The summed E-state index contributed by atoms with van der Waals surface area (Å²) in [5.74, 6) is 1.52. The molecule has 0 saturated carbocycles. The number of benzene rings is 1. The van der Waals surface area contributed by atoms with Gasteiger partial charge in [-0.15, -0.1) is 5.10 Å². The number of hydrogen-bond acceptors (Lipinski definition) is 5. The maximum atomic E-state index is 6.06. The van der Waals surface area contributed by atoms with Gasteiger partial charge in [0, 0.05) is 17.0 Å². The molecule has 0 aliphatic carbocycles. The number of hydrogen-bond donors (Lipinski definition) is 2. The SMILES string of the molecule is Cc1cc2nc(Nc3n[nH]c(C(C)C)n3)oc2cc1Cl. The van der Waals surface area contributed by atoms with Crippen LogP contribution in [-0.4, -0.2) is 20.2 Å². The summed E-state index contributed by atoms with van der Waals surface area (Å²) in [6.45, 7) is 6.00. The van der Waals surface area contributed by atoms with E-state index in [0.717, 1.165) is 16.9 Å². The molecule has 0 unspecified atom stereocenters. The lowest BCUT2D eigenvalue weighted by molar-refractivity contribution is 0.621. The number of aromatic nitrogens is 4. The van der Waals surface area contributed by atoms with Crippen molar-refractivity contribution in [2.24, 2.45) is 0 Å². The molecule has 104 valence electrons. The zero-order valence-electron chi connectivity index (χ0n) is 11.4. The molecule has 0 fully saturated rings. The van der Waals surface area contributed by atoms with E-state index in [1.54, 1.807) is 6.07 Å². The average molecular weight is 292 g/mol. The third kappa shape index (κ3) is 2.34. The lowest BCUT2D eigenvalue weighted by Gasteiger charge is -1.95. The molecule has 0 bridgehead atoms. The fraction of sp³-hybridized carbons (Fsp3) is 0.308. The Hall–Kier alpha value is -2.08. The number of H-pyrrole nitrogens is 1. The zero-order valence-corrected chi connectivity index (χ0v) is 12.1. The molecule has 0 aliphatic rings. The lowest BCUT2D eigenvalue weighted by atomic mass is 10.2. The van der Waals surface area contributed by atoms with Crippen molar-refractivity contribution >= 4 is 34.7 Å². The van der Waals surface area contributed by atoms with E-state index < -0.39 is 0 Å². The van der Waals surface area contributed by atoms with Crippen LogP contribution in [-0.2, 0) is 0 Å². The Labute approximate surface area is 120 Å². The first-order valence-corrected chi connectivity index (χ1v) is 6.66. The molecule has 7 heteroatoms. The summed E-state index contributed by atoms with van der Waals surface area (Å²) in [5, 5.41) is 10.5. The predicted molar refractivity (Wildman–Crippen MR) is 77.5 cm³/mol. The molecule has 2 heterocycles. The van der Waals surface area contributed by atoms with Crippen LogP contribution in [0, 0.1) is 6.92 Å². The Balaban J connectivity index is 1.90. The topological polar surface area (TPSA) is 79.6 Å². The van der Waals surface area contributed by atoms with Crippen molar-refractivity contribution in [1.29, 1.82) is 0 Å². The molecular formula is C13H14ClN5O.